The zero-order valence-corrected chi connectivity index (χ0v) is 20.9. The van der Waals surface area contributed by atoms with Gasteiger partial charge in [-0.1, -0.05) is 0 Å². The van der Waals surface area contributed by atoms with Crippen LogP contribution in [0.3, 0.4) is 0 Å². The summed E-state index contributed by atoms with van der Waals surface area (Å²) in [6.45, 7) is -0.881. The van der Waals surface area contributed by atoms with Gasteiger partial charge in [0, 0.05) is 6.07 Å². The Morgan fingerprint density at radius 1 is 1.02 bits per heavy atom. The Morgan fingerprint density at radius 2 is 1.68 bits per heavy atom. The van der Waals surface area contributed by atoms with Crippen molar-refractivity contribution in [1.82, 2.24) is 19.7 Å². The molecule has 22 heteroatoms. The number of carbonyl (C=O) groups excluding carboxylic acids is 1. The molecule has 1 aliphatic heterocycles. The fourth-order valence-electron chi connectivity index (χ4n) is 3.27. The Hall–Kier alpha value is -3.57. The van der Waals surface area contributed by atoms with E-state index in [1.165, 1.54) is 5.32 Å². The van der Waals surface area contributed by atoms with E-state index in [0.29, 0.717) is 6.07 Å². The molecule has 5 atom stereocenters. The number of aromatic nitrogens is 3. The number of halogens is 6. The van der Waals surface area contributed by atoms with E-state index < -0.39 is 99.7 Å². The fourth-order valence-corrected chi connectivity index (χ4v) is 4.42. The lowest BCUT2D eigenvalue weighted by atomic mass is 9.99. The van der Waals surface area contributed by atoms with Gasteiger partial charge in [-0.15, -0.1) is 0 Å². The first-order chi connectivity index (χ1) is 18.9. The van der Waals surface area contributed by atoms with Crippen molar-refractivity contribution in [3.05, 3.63) is 29.6 Å². The summed E-state index contributed by atoms with van der Waals surface area (Å²) in [5, 5.41) is 40.5. The second-order valence-electron chi connectivity index (χ2n) is 8.00. The maximum atomic E-state index is 13.6. The van der Waals surface area contributed by atoms with Gasteiger partial charge in [0.1, 0.15) is 35.1 Å². The lowest BCUT2D eigenvalue weighted by Crippen LogP contribution is -2.60. The van der Waals surface area contributed by atoms with Gasteiger partial charge in [0.05, 0.1) is 19.3 Å². The predicted molar refractivity (Wildman–Crippen MR) is 117 cm³/mol. The van der Waals surface area contributed by atoms with Crippen LogP contribution >= 0.6 is 0 Å². The number of nitrogens with one attached hydrogen (secondary N) is 2. The molecule has 1 aliphatic rings. The van der Waals surface area contributed by atoms with Gasteiger partial charge in [0.25, 0.3) is 10.0 Å². The molecule has 1 aromatic carbocycles. The standard InChI is InChI=1S/C19H19F6N5O10S/c1-38-17-27-14(19(23,24)25)26-15(29-17)28-16(35)30-41(36,37)9-4-6(2-3-7(9)18(20,21)22)39-13-12(34)11(33)10(32)8(5-31)40-13/h2-4,8,10-13,31-34H,5H2,1H3,(H2,26,27,28,29,30,35)/t8-,10-,11+,12-,13-/m1/s1. The van der Waals surface area contributed by atoms with Crippen molar-refractivity contribution < 1.29 is 74.2 Å². The van der Waals surface area contributed by atoms with Crippen LogP contribution in [0.15, 0.2) is 23.1 Å². The molecular formula is C19H19F6N5O10S. The van der Waals surface area contributed by atoms with Crippen molar-refractivity contribution in [2.45, 2.75) is 48.0 Å². The summed E-state index contributed by atoms with van der Waals surface area (Å²) in [5.74, 6) is -3.74. The van der Waals surface area contributed by atoms with Crippen LogP contribution in [-0.4, -0.2) is 94.2 Å². The van der Waals surface area contributed by atoms with Crippen molar-refractivity contribution in [3.63, 3.8) is 0 Å². The number of sulfonamides is 1. The zero-order valence-electron chi connectivity index (χ0n) is 20.1. The summed E-state index contributed by atoms with van der Waals surface area (Å²) in [7, 11) is -4.62. The smallest absolute Gasteiger partial charge is 0.451 e. The number of methoxy groups -OCH3 is 1. The molecule has 1 aromatic heterocycles. The summed E-state index contributed by atoms with van der Waals surface area (Å²) >= 11 is 0. The topological polar surface area (TPSA) is 223 Å². The molecule has 2 heterocycles. The molecule has 0 aliphatic carbocycles. The molecule has 2 amide bonds. The van der Waals surface area contributed by atoms with Gasteiger partial charge >= 0.3 is 24.4 Å². The predicted octanol–water partition coefficient (Wildman–Crippen LogP) is -0.393. The lowest BCUT2D eigenvalue weighted by molar-refractivity contribution is -0.277. The first-order valence-electron chi connectivity index (χ1n) is 10.8. The van der Waals surface area contributed by atoms with Gasteiger partial charge in [-0.05, 0) is 12.1 Å². The molecule has 3 rings (SSSR count). The van der Waals surface area contributed by atoms with Gasteiger partial charge < -0.3 is 34.6 Å². The number of rotatable bonds is 7. The van der Waals surface area contributed by atoms with E-state index >= 15 is 0 Å². The van der Waals surface area contributed by atoms with Crippen molar-refractivity contribution in [2.24, 2.45) is 0 Å². The van der Waals surface area contributed by atoms with Crippen LogP contribution in [0.1, 0.15) is 11.4 Å². The summed E-state index contributed by atoms with van der Waals surface area (Å²) in [5.41, 5.74) is -1.82. The summed E-state index contributed by atoms with van der Waals surface area (Å²) in [4.78, 5) is 19.7. The van der Waals surface area contributed by atoms with Crippen LogP contribution in [-0.2, 0) is 27.1 Å². The highest BCUT2D eigenvalue weighted by atomic mass is 32.2. The minimum atomic E-state index is -5.48. The van der Waals surface area contributed by atoms with Crippen LogP contribution in [0.2, 0.25) is 0 Å². The second-order valence-corrected chi connectivity index (χ2v) is 9.65. The van der Waals surface area contributed by atoms with E-state index in [1.807, 2.05) is 0 Å². The molecule has 15 nitrogen and oxygen atoms in total. The van der Waals surface area contributed by atoms with Crippen LogP contribution in [0.4, 0.5) is 37.1 Å². The van der Waals surface area contributed by atoms with Crippen LogP contribution in [0.5, 0.6) is 11.8 Å². The fraction of sp³-hybridized carbons (Fsp3) is 0.474. The number of aliphatic hydroxyl groups excluding tert-OH is 4. The molecule has 41 heavy (non-hydrogen) atoms. The van der Waals surface area contributed by atoms with Crippen molar-refractivity contribution in [3.8, 4) is 11.8 Å². The third-order valence-electron chi connectivity index (χ3n) is 5.15. The Bertz CT molecular complexity index is 1380. The average molecular weight is 623 g/mol. The molecule has 0 bridgehead atoms. The molecule has 0 radical (unpaired) electrons. The molecule has 6 N–H and O–H groups in total. The van der Waals surface area contributed by atoms with E-state index in [9.17, 15) is 60.0 Å². The highest BCUT2D eigenvalue weighted by molar-refractivity contribution is 7.90. The molecule has 0 spiro atoms. The number of carbonyl (C=O) groups is 1. The number of hydrogen-bond acceptors (Lipinski definition) is 13. The first-order valence-corrected chi connectivity index (χ1v) is 12.2. The minimum Gasteiger partial charge on any atom is -0.467 e. The first kappa shape index (κ1) is 32.0. The highest BCUT2D eigenvalue weighted by Gasteiger charge is 2.45. The Morgan fingerprint density at radius 3 is 2.24 bits per heavy atom. The second kappa shape index (κ2) is 11.7. The largest absolute Gasteiger partial charge is 0.467 e. The molecule has 0 unspecified atom stereocenters. The quantitative estimate of drug-likeness (QED) is 0.217. The number of aliphatic hydroxyl groups is 4. The van der Waals surface area contributed by atoms with E-state index in [-0.39, 0.29) is 12.1 Å². The van der Waals surface area contributed by atoms with Crippen LogP contribution < -0.4 is 19.5 Å². The number of amides is 2. The zero-order chi connectivity index (χ0) is 30.9. The van der Waals surface area contributed by atoms with E-state index in [2.05, 4.69) is 19.7 Å². The van der Waals surface area contributed by atoms with E-state index in [1.54, 1.807) is 0 Å². The van der Waals surface area contributed by atoms with Crippen LogP contribution in [0, 0.1) is 0 Å². The number of nitrogens with zero attached hydrogens (tertiary/aromatic N) is 3. The lowest BCUT2D eigenvalue weighted by Gasteiger charge is -2.39. The van der Waals surface area contributed by atoms with Crippen molar-refractivity contribution in [1.29, 1.82) is 0 Å². The van der Waals surface area contributed by atoms with Crippen molar-refractivity contribution >= 4 is 22.0 Å². The Labute approximate surface area is 224 Å². The normalized spacial score (nSPS) is 23.5. The molecule has 1 saturated heterocycles. The Kier molecular flexibility index (Phi) is 9.14. The minimum absolute atomic E-state index is 0.220. The average Bonchev–Trinajstić information content (AvgIpc) is 2.87. The maximum Gasteiger partial charge on any atom is 0.451 e. The van der Waals surface area contributed by atoms with Gasteiger partial charge in [-0.3, -0.25) is 5.32 Å². The number of urea groups is 1. The van der Waals surface area contributed by atoms with Crippen molar-refractivity contribution in [2.75, 3.05) is 19.0 Å². The third-order valence-corrected chi connectivity index (χ3v) is 6.52. The third kappa shape index (κ3) is 7.39. The van der Waals surface area contributed by atoms with Crippen LogP contribution in [0.25, 0.3) is 0 Å². The van der Waals surface area contributed by atoms with E-state index in [4.69, 9.17) is 9.47 Å². The van der Waals surface area contributed by atoms with Gasteiger partial charge in [0.15, 0.2) is 0 Å². The Balaban J connectivity index is 1.91. The summed E-state index contributed by atoms with van der Waals surface area (Å²) in [6, 6.07) is -1.76. The van der Waals surface area contributed by atoms with E-state index in [0.717, 1.165) is 11.8 Å². The number of benzene rings is 1. The highest BCUT2D eigenvalue weighted by Crippen LogP contribution is 2.37. The molecule has 0 saturated carbocycles. The molecule has 228 valence electrons. The van der Waals surface area contributed by atoms with Gasteiger partial charge in [0.2, 0.25) is 18.1 Å². The number of alkyl halides is 6. The van der Waals surface area contributed by atoms with Gasteiger partial charge in [-0.2, -0.15) is 41.3 Å². The van der Waals surface area contributed by atoms with Gasteiger partial charge in [-0.25, -0.2) is 17.9 Å². The SMILES string of the molecule is COc1nc(NC(=O)NS(=O)(=O)c2cc(O[C@@H]3O[C@H](CO)[C@@H](O)[C@H](O)[C@H]3O)ccc2C(F)(F)F)nc(C(F)(F)F)n1. The summed E-state index contributed by atoms with van der Waals surface area (Å²) < 4.78 is 121. The molecule has 1 fully saturated rings. The monoisotopic (exact) mass is 623 g/mol. The number of ether oxygens (including phenoxy) is 3. The molecular weight excluding hydrogens is 604 g/mol. The maximum absolute atomic E-state index is 13.6. The number of hydrogen-bond donors (Lipinski definition) is 6. The number of anilines is 1. The molecule has 2 aromatic rings. The summed E-state index contributed by atoms with van der Waals surface area (Å²) in [6.07, 6.45) is -19.6.